The Labute approximate surface area is 153 Å². The molecule has 3 atom stereocenters. The lowest BCUT2D eigenvalue weighted by atomic mass is 9.93. The Kier molecular flexibility index (Phi) is 4.58. The summed E-state index contributed by atoms with van der Waals surface area (Å²) in [6.07, 6.45) is 2.17. The van der Waals surface area contributed by atoms with Crippen LogP contribution in [0.5, 0.6) is 0 Å². The highest BCUT2D eigenvalue weighted by Crippen LogP contribution is 2.34. The molecule has 0 aromatic carbocycles. The van der Waals surface area contributed by atoms with Crippen LogP contribution in [-0.4, -0.2) is 57.5 Å². The highest BCUT2D eigenvalue weighted by atomic mass is 16.5. The van der Waals surface area contributed by atoms with Gasteiger partial charge in [-0.15, -0.1) is 0 Å². The highest BCUT2D eigenvalue weighted by Gasteiger charge is 2.43. The maximum Gasteiger partial charge on any atom is 0.267 e. The molecule has 0 unspecified atom stereocenters. The quantitative estimate of drug-likeness (QED) is 0.865. The fourth-order valence-electron chi connectivity index (χ4n) is 4.27. The van der Waals surface area contributed by atoms with Crippen molar-refractivity contribution in [2.75, 3.05) is 26.2 Å². The third kappa shape index (κ3) is 3.29. The van der Waals surface area contributed by atoms with Gasteiger partial charge in [-0.3, -0.25) is 14.4 Å². The Morgan fingerprint density at radius 2 is 2.23 bits per heavy atom. The van der Waals surface area contributed by atoms with Crippen LogP contribution < -0.4 is 5.32 Å². The summed E-state index contributed by atoms with van der Waals surface area (Å²) in [7, 11) is 3.89. The number of rotatable bonds is 5. The van der Waals surface area contributed by atoms with Crippen molar-refractivity contribution in [1.29, 1.82) is 0 Å². The average Bonchev–Trinajstić information content (AvgIpc) is 3.32. The third-order valence-electron chi connectivity index (χ3n) is 5.70. The Balaban J connectivity index is 1.32. The molecule has 1 amide bonds. The van der Waals surface area contributed by atoms with Crippen LogP contribution in [0.1, 0.15) is 21.9 Å². The fourth-order valence-corrected chi connectivity index (χ4v) is 4.27. The van der Waals surface area contributed by atoms with Gasteiger partial charge in [-0.25, -0.2) is 0 Å². The molecule has 7 heteroatoms. The van der Waals surface area contributed by atoms with Gasteiger partial charge in [0.25, 0.3) is 5.91 Å². The largest absolute Gasteiger partial charge is 0.376 e. The fraction of sp³-hybridized carbons (Fsp3) is 0.579. The van der Waals surface area contributed by atoms with Crippen molar-refractivity contribution < 1.29 is 9.53 Å². The monoisotopic (exact) mass is 357 g/mol. The van der Waals surface area contributed by atoms with Gasteiger partial charge in [0.15, 0.2) is 0 Å². The smallest absolute Gasteiger partial charge is 0.267 e. The minimum Gasteiger partial charge on any atom is -0.376 e. The number of fused-ring (bicyclic) bond motifs is 1. The van der Waals surface area contributed by atoms with E-state index in [-0.39, 0.29) is 12.0 Å². The molecule has 7 nitrogen and oxygen atoms in total. The van der Waals surface area contributed by atoms with Crippen LogP contribution >= 0.6 is 0 Å². The third-order valence-corrected chi connectivity index (χ3v) is 5.70. The number of aromatic nitrogens is 3. The molecule has 26 heavy (non-hydrogen) atoms. The molecule has 2 fully saturated rings. The molecular formula is C19H27N5O2. The number of amides is 1. The Morgan fingerprint density at radius 3 is 2.92 bits per heavy atom. The van der Waals surface area contributed by atoms with Crippen LogP contribution in [0.4, 0.5) is 0 Å². The molecule has 2 aromatic rings. The number of nitrogens with zero attached hydrogens (tertiary/aromatic N) is 4. The van der Waals surface area contributed by atoms with Gasteiger partial charge in [-0.2, -0.15) is 5.10 Å². The van der Waals surface area contributed by atoms with Crippen LogP contribution in [0.15, 0.2) is 24.4 Å². The number of hydrogen-bond donors (Lipinski definition) is 1. The zero-order chi connectivity index (χ0) is 18.3. The summed E-state index contributed by atoms with van der Waals surface area (Å²) in [5, 5.41) is 7.51. The van der Waals surface area contributed by atoms with E-state index >= 15 is 0 Å². The molecule has 4 rings (SSSR count). The first-order valence-electron chi connectivity index (χ1n) is 9.24. The number of carbonyl (C=O) groups excluding carboxylic acids is 1. The number of carbonyl (C=O) groups is 1. The summed E-state index contributed by atoms with van der Waals surface area (Å²) in [6.45, 7) is 6.30. The second kappa shape index (κ2) is 6.89. The first kappa shape index (κ1) is 17.3. The van der Waals surface area contributed by atoms with E-state index in [1.165, 1.54) is 5.69 Å². The van der Waals surface area contributed by atoms with Gasteiger partial charge < -0.3 is 14.6 Å². The van der Waals surface area contributed by atoms with Crippen LogP contribution in [0, 0.1) is 18.8 Å². The van der Waals surface area contributed by atoms with Crippen LogP contribution in [0.25, 0.3) is 0 Å². The van der Waals surface area contributed by atoms with E-state index in [1.807, 2.05) is 48.6 Å². The van der Waals surface area contributed by atoms with Crippen molar-refractivity contribution in [2.45, 2.75) is 19.6 Å². The number of ether oxygens (including phenoxy) is 1. The summed E-state index contributed by atoms with van der Waals surface area (Å²) in [5.41, 5.74) is 2.98. The maximum atomic E-state index is 12.3. The second-order valence-electron chi connectivity index (χ2n) is 7.60. The molecule has 2 saturated heterocycles. The lowest BCUT2D eigenvalue weighted by Gasteiger charge is -2.20. The maximum absolute atomic E-state index is 12.3. The van der Waals surface area contributed by atoms with Gasteiger partial charge in [0, 0.05) is 58.3 Å². The molecular weight excluding hydrogens is 330 g/mol. The topological polar surface area (TPSA) is 64.3 Å². The van der Waals surface area contributed by atoms with E-state index in [0.29, 0.717) is 24.1 Å². The van der Waals surface area contributed by atoms with E-state index in [9.17, 15) is 4.79 Å². The van der Waals surface area contributed by atoms with E-state index in [2.05, 4.69) is 21.4 Å². The summed E-state index contributed by atoms with van der Waals surface area (Å²) in [6, 6.07) is 5.88. The Morgan fingerprint density at radius 1 is 1.38 bits per heavy atom. The zero-order valence-electron chi connectivity index (χ0n) is 15.7. The lowest BCUT2D eigenvalue weighted by Crippen LogP contribution is -2.35. The van der Waals surface area contributed by atoms with Gasteiger partial charge >= 0.3 is 0 Å². The predicted molar refractivity (Wildman–Crippen MR) is 97.7 cm³/mol. The molecule has 140 valence electrons. The Hall–Kier alpha value is -2.12. The van der Waals surface area contributed by atoms with Crippen molar-refractivity contribution in [3.8, 4) is 0 Å². The van der Waals surface area contributed by atoms with E-state index < -0.39 is 0 Å². The van der Waals surface area contributed by atoms with Crippen molar-refractivity contribution in [3.63, 3.8) is 0 Å². The first-order valence-corrected chi connectivity index (χ1v) is 9.24. The Bertz CT molecular complexity index is 796. The standard InChI is InChI=1S/C19H27N5O2/c1-13-7-15(23(3)21-13)9-24-10-16-14(12-26-18(16)11-24)8-20-19(25)17-5-4-6-22(17)2/h4-7,14,16,18H,8-12H2,1-3H3,(H,20,25)/t14-,16-,18-/m1/s1. The SMILES string of the molecule is Cc1cc(CN2C[C@@H]3[C@H](CNC(=O)c4cccn4C)CO[C@@H]3C2)n(C)n1. The molecule has 1 N–H and O–H groups in total. The van der Waals surface area contributed by atoms with E-state index in [0.717, 1.165) is 31.9 Å². The number of hydrogen-bond acceptors (Lipinski definition) is 4. The van der Waals surface area contributed by atoms with Crippen molar-refractivity contribution in [2.24, 2.45) is 25.9 Å². The molecule has 0 bridgehead atoms. The van der Waals surface area contributed by atoms with Gasteiger partial charge in [0.2, 0.25) is 0 Å². The second-order valence-corrected chi connectivity index (χ2v) is 7.60. The van der Waals surface area contributed by atoms with Crippen molar-refractivity contribution >= 4 is 5.91 Å². The van der Waals surface area contributed by atoms with Crippen molar-refractivity contribution in [1.82, 2.24) is 24.6 Å². The molecule has 0 spiro atoms. The average molecular weight is 357 g/mol. The molecule has 2 aliphatic rings. The highest BCUT2D eigenvalue weighted by molar-refractivity contribution is 5.92. The summed E-state index contributed by atoms with van der Waals surface area (Å²) < 4.78 is 9.82. The predicted octanol–water partition coefficient (Wildman–Crippen LogP) is 0.944. The first-order chi connectivity index (χ1) is 12.5. The van der Waals surface area contributed by atoms with Gasteiger partial charge in [-0.05, 0) is 25.1 Å². The van der Waals surface area contributed by atoms with Crippen LogP contribution in [-0.2, 0) is 25.4 Å². The summed E-state index contributed by atoms with van der Waals surface area (Å²) >= 11 is 0. The number of aryl methyl sites for hydroxylation is 3. The van der Waals surface area contributed by atoms with Crippen LogP contribution in [0.2, 0.25) is 0 Å². The molecule has 2 aliphatic heterocycles. The molecule has 0 radical (unpaired) electrons. The minimum atomic E-state index is -0.0128. The summed E-state index contributed by atoms with van der Waals surface area (Å²) in [5.74, 6) is 0.849. The van der Waals surface area contributed by atoms with Crippen LogP contribution in [0.3, 0.4) is 0 Å². The molecule has 0 saturated carbocycles. The summed E-state index contributed by atoms with van der Waals surface area (Å²) in [4.78, 5) is 14.8. The number of likely N-dealkylation sites (tertiary alicyclic amines) is 1. The van der Waals surface area contributed by atoms with E-state index in [4.69, 9.17) is 4.74 Å². The van der Waals surface area contributed by atoms with Gasteiger partial charge in [-0.1, -0.05) is 0 Å². The lowest BCUT2D eigenvalue weighted by molar-refractivity contribution is 0.0897. The number of nitrogens with one attached hydrogen (secondary N) is 1. The molecule has 4 heterocycles. The van der Waals surface area contributed by atoms with Gasteiger partial charge in [0.05, 0.1) is 24.1 Å². The normalized spacial score (nSPS) is 25.6. The van der Waals surface area contributed by atoms with Crippen molar-refractivity contribution in [3.05, 3.63) is 41.5 Å². The molecule has 0 aliphatic carbocycles. The van der Waals surface area contributed by atoms with Gasteiger partial charge in [0.1, 0.15) is 5.69 Å². The zero-order valence-corrected chi connectivity index (χ0v) is 15.7. The van der Waals surface area contributed by atoms with E-state index in [1.54, 1.807) is 0 Å². The minimum absolute atomic E-state index is 0.0128. The molecule has 2 aromatic heterocycles.